The topological polar surface area (TPSA) is 84.4 Å². The molecule has 0 aromatic heterocycles. The first kappa shape index (κ1) is 12.6. The van der Waals surface area contributed by atoms with E-state index in [4.69, 9.17) is 5.84 Å². The van der Waals surface area contributed by atoms with Gasteiger partial charge in [-0.3, -0.25) is 16.0 Å². The second-order valence-corrected chi connectivity index (χ2v) is 4.82. The molecule has 1 fully saturated rings. The van der Waals surface area contributed by atoms with Crippen LogP contribution in [0.2, 0.25) is 0 Å². The molecule has 0 radical (unpaired) electrons. The maximum Gasteiger partial charge on any atom is 0.273 e. The molecule has 6 nitrogen and oxygen atoms in total. The van der Waals surface area contributed by atoms with Crippen molar-refractivity contribution in [2.75, 3.05) is 23.9 Å². The maximum absolute atomic E-state index is 10.9. The fourth-order valence-corrected chi connectivity index (χ4v) is 2.17. The molecule has 98 valence electrons. The molecule has 0 spiro atoms. The molecule has 0 heterocycles. The van der Waals surface area contributed by atoms with Crippen LogP contribution in [0.4, 0.5) is 17.1 Å². The molecule has 1 aromatic rings. The smallest absolute Gasteiger partial charge is 0.273 e. The number of rotatable bonds is 5. The van der Waals surface area contributed by atoms with Crippen LogP contribution in [-0.4, -0.2) is 18.5 Å². The highest BCUT2D eigenvalue weighted by Gasteiger charge is 2.20. The van der Waals surface area contributed by atoms with Crippen LogP contribution in [0.5, 0.6) is 0 Å². The zero-order chi connectivity index (χ0) is 13.1. The van der Waals surface area contributed by atoms with Crippen LogP contribution in [0.1, 0.15) is 19.3 Å². The monoisotopic (exact) mass is 250 g/mol. The number of hydrogen-bond donors (Lipinski definition) is 2. The van der Waals surface area contributed by atoms with E-state index in [0.717, 1.165) is 12.2 Å². The molecule has 1 aliphatic rings. The van der Waals surface area contributed by atoms with Gasteiger partial charge in [-0.2, -0.15) is 0 Å². The van der Waals surface area contributed by atoms with Crippen molar-refractivity contribution in [1.82, 2.24) is 0 Å². The number of hydrazine groups is 1. The Labute approximate surface area is 106 Å². The van der Waals surface area contributed by atoms with Gasteiger partial charge in [-0.25, -0.2) is 0 Å². The quantitative estimate of drug-likeness (QED) is 0.475. The zero-order valence-corrected chi connectivity index (χ0v) is 10.4. The molecular weight excluding hydrogens is 232 g/mol. The molecule has 1 aromatic carbocycles. The number of nitrogens with two attached hydrogens (primary N) is 1. The molecule has 18 heavy (non-hydrogen) atoms. The molecule has 1 aliphatic carbocycles. The van der Waals surface area contributed by atoms with Crippen LogP contribution < -0.4 is 16.2 Å². The largest absolute Gasteiger partial charge is 0.374 e. The van der Waals surface area contributed by atoms with Gasteiger partial charge < -0.3 is 10.3 Å². The van der Waals surface area contributed by atoms with Crippen LogP contribution in [0, 0.1) is 16.0 Å². The van der Waals surface area contributed by atoms with Crippen molar-refractivity contribution >= 4 is 17.1 Å². The number of nitro benzene ring substituents is 1. The Morgan fingerprint density at radius 3 is 2.72 bits per heavy atom. The highest BCUT2D eigenvalue weighted by molar-refractivity contribution is 5.63. The maximum atomic E-state index is 10.9. The predicted octanol–water partition coefficient (Wildman–Crippen LogP) is 2.12. The van der Waals surface area contributed by atoms with E-state index in [0.29, 0.717) is 11.6 Å². The standard InChI is InChI=1S/C12H18N4O2/c1-15(8-9-3-2-4-9)11-5-10(14-13)6-12(7-11)16(17)18/h5-7,9,14H,2-4,8,13H2,1H3. The molecule has 0 saturated heterocycles. The fraction of sp³-hybridized carbons (Fsp3) is 0.500. The van der Waals surface area contributed by atoms with Gasteiger partial charge >= 0.3 is 0 Å². The number of nitrogens with zero attached hydrogens (tertiary/aromatic N) is 2. The van der Waals surface area contributed by atoms with Gasteiger partial charge in [0.25, 0.3) is 5.69 Å². The van der Waals surface area contributed by atoms with Crippen molar-refractivity contribution in [3.8, 4) is 0 Å². The summed E-state index contributed by atoms with van der Waals surface area (Å²) in [5.41, 5.74) is 3.90. The lowest BCUT2D eigenvalue weighted by molar-refractivity contribution is -0.384. The molecule has 6 heteroatoms. The van der Waals surface area contributed by atoms with E-state index in [-0.39, 0.29) is 5.69 Å². The molecule has 0 unspecified atom stereocenters. The number of anilines is 2. The number of non-ortho nitro benzene ring substituents is 1. The predicted molar refractivity (Wildman–Crippen MR) is 71.5 cm³/mol. The number of nitrogen functional groups attached to an aromatic ring is 1. The Hall–Kier alpha value is -1.82. The van der Waals surface area contributed by atoms with E-state index in [1.165, 1.54) is 25.3 Å². The first-order valence-corrected chi connectivity index (χ1v) is 6.07. The van der Waals surface area contributed by atoms with Crippen molar-refractivity contribution in [3.05, 3.63) is 28.3 Å². The summed E-state index contributed by atoms with van der Waals surface area (Å²) in [5.74, 6) is 6.05. The third-order valence-corrected chi connectivity index (χ3v) is 3.48. The minimum absolute atomic E-state index is 0.0564. The summed E-state index contributed by atoms with van der Waals surface area (Å²) in [6.45, 7) is 0.936. The van der Waals surface area contributed by atoms with E-state index in [9.17, 15) is 10.1 Å². The highest BCUT2D eigenvalue weighted by Crippen LogP contribution is 2.30. The Morgan fingerprint density at radius 1 is 1.50 bits per heavy atom. The molecule has 0 atom stereocenters. The van der Waals surface area contributed by atoms with Gasteiger partial charge in [0.05, 0.1) is 10.6 Å². The van der Waals surface area contributed by atoms with Gasteiger partial charge in [0.15, 0.2) is 0 Å². The van der Waals surface area contributed by atoms with Crippen molar-refractivity contribution in [3.63, 3.8) is 0 Å². The van der Waals surface area contributed by atoms with Gasteiger partial charge in [0.2, 0.25) is 0 Å². The second kappa shape index (κ2) is 5.22. The average molecular weight is 250 g/mol. The van der Waals surface area contributed by atoms with Gasteiger partial charge in [0, 0.05) is 31.4 Å². The summed E-state index contributed by atoms with van der Waals surface area (Å²) in [6.07, 6.45) is 3.80. The lowest BCUT2D eigenvalue weighted by Crippen LogP contribution is -2.29. The van der Waals surface area contributed by atoms with Crippen molar-refractivity contribution in [2.45, 2.75) is 19.3 Å². The van der Waals surface area contributed by atoms with Crippen molar-refractivity contribution in [1.29, 1.82) is 0 Å². The molecule has 0 amide bonds. The van der Waals surface area contributed by atoms with Crippen LogP contribution in [0.3, 0.4) is 0 Å². The minimum Gasteiger partial charge on any atom is -0.374 e. The highest BCUT2D eigenvalue weighted by atomic mass is 16.6. The Kier molecular flexibility index (Phi) is 3.66. The first-order valence-electron chi connectivity index (χ1n) is 6.07. The summed E-state index contributed by atoms with van der Waals surface area (Å²) in [6, 6.07) is 4.84. The third-order valence-electron chi connectivity index (χ3n) is 3.48. The fourth-order valence-electron chi connectivity index (χ4n) is 2.17. The number of benzene rings is 1. The number of hydrogen-bond acceptors (Lipinski definition) is 5. The minimum atomic E-state index is -0.401. The van der Waals surface area contributed by atoms with Gasteiger partial charge in [0.1, 0.15) is 0 Å². The lowest BCUT2D eigenvalue weighted by Gasteiger charge is -2.31. The van der Waals surface area contributed by atoms with E-state index in [1.807, 2.05) is 13.1 Å². The third kappa shape index (κ3) is 2.70. The lowest BCUT2D eigenvalue weighted by atomic mass is 9.85. The van der Waals surface area contributed by atoms with Crippen LogP contribution in [-0.2, 0) is 0 Å². The summed E-state index contributed by atoms with van der Waals surface area (Å²) in [5, 5.41) is 10.9. The van der Waals surface area contributed by atoms with Crippen LogP contribution in [0.15, 0.2) is 18.2 Å². The van der Waals surface area contributed by atoms with Gasteiger partial charge in [-0.15, -0.1) is 0 Å². The van der Waals surface area contributed by atoms with Crippen LogP contribution >= 0.6 is 0 Å². The Balaban J connectivity index is 2.19. The van der Waals surface area contributed by atoms with Crippen LogP contribution in [0.25, 0.3) is 0 Å². The normalized spacial score (nSPS) is 15.0. The van der Waals surface area contributed by atoms with Gasteiger partial charge in [-0.1, -0.05) is 6.42 Å². The first-order chi connectivity index (χ1) is 8.60. The van der Waals surface area contributed by atoms with E-state index in [2.05, 4.69) is 10.3 Å². The molecule has 3 N–H and O–H groups in total. The Morgan fingerprint density at radius 2 is 2.22 bits per heavy atom. The summed E-state index contributed by atoms with van der Waals surface area (Å²) in [4.78, 5) is 12.5. The SMILES string of the molecule is CN(CC1CCC1)c1cc(NN)cc([N+](=O)[O-])c1. The summed E-state index contributed by atoms with van der Waals surface area (Å²) < 4.78 is 0. The molecule has 2 rings (SSSR count). The average Bonchev–Trinajstić information content (AvgIpc) is 2.32. The molecule has 0 aliphatic heterocycles. The second-order valence-electron chi connectivity index (χ2n) is 4.82. The zero-order valence-electron chi connectivity index (χ0n) is 10.4. The van der Waals surface area contributed by atoms with E-state index >= 15 is 0 Å². The Bertz CT molecular complexity index is 446. The van der Waals surface area contributed by atoms with E-state index < -0.39 is 4.92 Å². The van der Waals surface area contributed by atoms with Gasteiger partial charge in [-0.05, 0) is 24.8 Å². The molecular formula is C12H18N4O2. The molecule has 1 saturated carbocycles. The number of nitro groups is 1. The van der Waals surface area contributed by atoms with Crippen molar-refractivity contribution in [2.24, 2.45) is 11.8 Å². The number of nitrogens with one attached hydrogen (secondary N) is 1. The summed E-state index contributed by atoms with van der Waals surface area (Å²) in [7, 11) is 1.96. The molecule has 0 bridgehead atoms. The summed E-state index contributed by atoms with van der Waals surface area (Å²) >= 11 is 0. The van der Waals surface area contributed by atoms with Crippen molar-refractivity contribution < 1.29 is 4.92 Å². The van der Waals surface area contributed by atoms with E-state index in [1.54, 1.807) is 6.07 Å².